The van der Waals surface area contributed by atoms with Crippen molar-refractivity contribution in [2.24, 2.45) is 0 Å². The maximum absolute atomic E-state index is 4.62. The fourth-order valence-electron chi connectivity index (χ4n) is 2.65. The topological polar surface area (TPSA) is 64.5 Å². The van der Waals surface area contributed by atoms with Crippen molar-refractivity contribution in [3.05, 3.63) is 24.7 Å². The number of hydrogen-bond acceptors (Lipinski definition) is 8. The maximum Gasteiger partial charge on any atom is 0.226 e. The van der Waals surface area contributed by atoms with Gasteiger partial charge in [0, 0.05) is 66.6 Å². The first-order chi connectivity index (χ1) is 11.5. The second-order valence-corrected chi connectivity index (χ2v) is 6.21. The van der Waals surface area contributed by atoms with E-state index in [1.807, 2.05) is 56.3 Å². The van der Waals surface area contributed by atoms with Gasteiger partial charge in [-0.2, -0.15) is 4.98 Å². The van der Waals surface area contributed by atoms with E-state index in [9.17, 15) is 0 Å². The Morgan fingerprint density at radius 2 is 1.50 bits per heavy atom. The highest BCUT2D eigenvalue weighted by Crippen LogP contribution is 2.20. The minimum atomic E-state index is 0.737. The summed E-state index contributed by atoms with van der Waals surface area (Å²) in [5.41, 5.74) is 0. The SMILES string of the molecule is CN(C)c1cc(N2CCN(c3ccnc(N(C)C)n3)CC2)ncn1. The van der Waals surface area contributed by atoms with Crippen molar-refractivity contribution >= 4 is 23.4 Å². The third-order valence-corrected chi connectivity index (χ3v) is 4.05. The lowest BCUT2D eigenvalue weighted by Gasteiger charge is -2.36. The Balaban J connectivity index is 1.68. The highest BCUT2D eigenvalue weighted by molar-refractivity contribution is 5.51. The van der Waals surface area contributed by atoms with Crippen molar-refractivity contribution in [2.45, 2.75) is 0 Å². The van der Waals surface area contributed by atoms with Gasteiger partial charge in [-0.1, -0.05) is 0 Å². The average molecular weight is 328 g/mol. The maximum atomic E-state index is 4.62. The molecule has 2 aromatic heterocycles. The number of piperazine rings is 1. The molecule has 1 saturated heterocycles. The van der Waals surface area contributed by atoms with Crippen LogP contribution in [0.25, 0.3) is 0 Å². The van der Waals surface area contributed by atoms with E-state index >= 15 is 0 Å². The minimum Gasteiger partial charge on any atom is -0.363 e. The van der Waals surface area contributed by atoms with E-state index in [1.165, 1.54) is 0 Å². The molecule has 0 aliphatic carbocycles. The van der Waals surface area contributed by atoms with Crippen LogP contribution >= 0.6 is 0 Å². The Labute approximate surface area is 142 Å². The Morgan fingerprint density at radius 3 is 2.12 bits per heavy atom. The fourth-order valence-corrected chi connectivity index (χ4v) is 2.65. The summed E-state index contributed by atoms with van der Waals surface area (Å²) in [7, 11) is 7.88. The van der Waals surface area contributed by atoms with Crippen molar-refractivity contribution in [3.63, 3.8) is 0 Å². The van der Waals surface area contributed by atoms with Gasteiger partial charge in [0.25, 0.3) is 0 Å². The second-order valence-electron chi connectivity index (χ2n) is 6.21. The summed E-state index contributed by atoms with van der Waals surface area (Å²) >= 11 is 0. The highest BCUT2D eigenvalue weighted by Gasteiger charge is 2.20. The van der Waals surface area contributed by atoms with Crippen LogP contribution in [0.1, 0.15) is 0 Å². The molecule has 8 nitrogen and oxygen atoms in total. The quantitative estimate of drug-likeness (QED) is 0.814. The van der Waals surface area contributed by atoms with E-state index in [0.29, 0.717) is 0 Å². The monoisotopic (exact) mass is 328 g/mol. The molecule has 128 valence electrons. The predicted molar refractivity (Wildman–Crippen MR) is 97.1 cm³/mol. The largest absolute Gasteiger partial charge is 0.363 e. The normalized spacial score (nSPS) is 14.7. The molecule has 0 unspecified atom stereocenters. The van der Waals surface area contributed by atoms with Crippen LogP contribution in [-0.4, -0.2) is 74.3 Å². The lowest BCUT2D eigenvalue weighted by molar-refractivity contribution is 0.640. The molecule has 0 bridgehead atoms. The van der Waals surface area contributed by atoms with Crippen molar-refractivity contribution in [3.8, 4) is 0 Å². The van der Waals surface area contributed by atoms with Gasteiger partial charge in [0.15, 0.2) is 0 Å². The summed E-state index contributed by atoms with van der Waals surface area (Å²) < 4.78 is 0. The molecule has 8 heteroatoms. The molecule has 3 heterocycles. The Hall–Kier alpha value is -2.64. The number of hydrogen-bond donors (Lipinski definition) is 0. The van der Waals surface area contributed by atoms with Gasteiger partial charge < -0.3 is 19.6 Å². The molecule has 3 rings (SSSR count). The lowest BCUT2D eigenvalue weighted by Crippen LogP contribution is -2.47. The standard InChI is InChI=1S/C16H24N8/c1-21(2)14-11-15(19-12-18-14)24-9-7-23(8-10-24)13-5-6-17-16(20-13)22(3)4/h5-6,11-12H,7-10H2,1-4H3. The zero-order chi connectivity index (χ0) is 17.1. The number of anilines is 4. The van der Waals surface area contributed by atoms with Gasteiger partial charge >= 0.3 is 0 Å². The summed E-state index contributed by atoms with van der Waals surface area (Å²) in [5, 5.41) is 0. The van der Waals surface area contributed by atoms with Gasteiger partial charge in [0.2, 0.25) is 5.95 Å². The van der Waals surface area contributed by atoms with Crippen LogP contribution in [0.2, 0.25) is 0 Å². The van der Waals surface area contributed by atoms with E-state index in [4.69, 9.17) is 0 Å². The van der Waals surface area contributed by atoms with Gasteiger partial charge in [0.1, 0.15) is 23.8 Å². The first-order valence-electron chi connectivity index (χ1n) is 8.04. The molecule has 24 heavy (non-hydrogen) atoms. The van der Waals surface area contributed by atoms with Gasteiger partial charge in [-0.3, -0.25) is 0 Å². The van der Waals surface area contributed by atoms with Crippen LogP contribution in [0.3, 0.4) is 0 Å². The molecule has 1 aliphatic heterocycles. The van der Waals surface area contributed by atoms with Gasteiger partial charge in [-0.25, -0.2) is 15.0 Å². The zero-order valence-corrected chi connectivity index (χ0v) is 14.7. The Kier molecular flexibility index (Phi) is 4.64. The molecule has 0 radical (unpaired) electrons. The molecular formula is C16H24N8. The molecule has 0 saturated carbocycles. The van der Waals surface area contributed by atoms with Gasteiger partial charge in [-0.15, -0.1) is 0 Å². The zero-order valence-electron chi connectivity index (χ0n) is 14.7. The number of nitrogens with zero attached hydrogens (tertiary/aromatic N) is 8. The molecule has 0 atom stereocenters. The van der Waals surface area contributed by atoms with E-state index in [2.05, 4.69) is 29.7 Å². The van der Waals surface area contributed by atoms with Crippen molar-refractivity contribution < 1.29 is 0 Å². The molecule has 0 aromatic carbocycles. The van der Waals surface area contributed by atoms with E-state index in [0.717, 1.165) is 49.6 Å². The van der Waals surface area contributed by atoms with E-state index in [1.54, 1.807) is 6.33 Å². The molecule has 0 amide bonds. The summed E-state index contributed by atoms with van der Waals surface area (Å²) in [6, 6.07) is 4.00. The first kappa shape index (κ1) is 16.2. The first-order valence-corrected chi connectivity index (χ1v) is 8.04. The van der Waals surface area contributed by atoms with E-state index in [-0.39, 0.29) is 0 Å². The number of rotatable bonds is 4. The van der Waals surface area contributed by atoms with Crippen molar-refractivity contribution in [2.75, 3.05) is 74.0 Å². The summed E-state index contributed by atoms with van der Waals surface area (Å²) in [4.78, 5) is 26.1. The van der Waals surface area contributed by atoms with Gasteiger partial charge in [-0.05, 0) is 6.07 Å². The van der Waals surface area contributed by atoms with Crippen LogP contribution < -0.4 is 19.6 Å². The average Bonchev–Trinajstić information content (AvgIpc) is 2.62. The van der Waals surface area contributed by atoms with E-state index < -0.39 is 0 Å². The van der Waals surface area contributed by atoms with Crippen LogP contribution in [0.5, 0.6) is 0 Å². The Bertz CT molecular complexity index is 620. The smallest absolute Gasteiger partial charge is 0.226 e. The third-order valence-electron chi connectivity index (χ3n) is 4.05. The molecule has 0 N–H and O–H groups in total. The number of aromatic nitrogens is 4. The molecule has 2 aromatic rings. The molecule has 1 fully saturated rings. The Morgan fingerprint density at radius 1 is 0.833 bits per heavy atom. The predicted octanol–water partition coefficient (Wildman–Crippen LogP) is 0.725. The van der Waals surface area contributed by atoms with Crippen molar-refractivity contribution in [1.29, 1.82) is 0 Å². The van der Waals surface area contributed by atoms with Gasteiger partial charge in [0.05, 0.1) is 0 Å². The molecule has 1 aliphatic rings. The second kappa shape index (κ2) is 6.86. The van der Waals surface area contributed by atoms with Crippen LogP contribution in [-0.2, 0) is 0 Å². The summed E-state index contributed by atoms with van der Waals surface area (Å²) in [6.07, 6.45) is 3.45. The van der Waals surface area contributed by atoms with Crippen LogP contribution in [0.15, 0.2) is 24.7 Å². The van der Waals surface area contributed by atoms with Crippen molar-refractivity contribution in [1.82, 2.24) is 19.9 Å². The minimum absolute atomic E-state index is 0.737. The highest BCUT2D eigenvalue weighted by atomic mass is 15.3. The molecule has 0 spiro atoms. The lowest BCUT2D eigenvalue weighted by atomic mass is 10.3. The van der Waals surface area contributed by atoms with Crippen LogP contribution in [0, 0.1) is 0 Å². The van der Waals surface area contributed by atoms with Crippen LogP contribution in [0.4, 0.5) is 23.4 Å². The molecular weight excluding hydrogens is 304 g/mol. The summed E-state index contributed by atoms with van der Waals surface area (Å²) in [5.74, 6) is 3.62. The third kappa shape index (κ3) is 3.47. The fraction of sp³-hybridized carbons (Fsp3) is 0.500. The summed E-state index contributed by atoms with van der Waals surface area (Å²) in [6.45, 7) is 3.63.